The molecule has 24 heavy (non-hydrogen) atoms. The maximum absolute atomic E-state index is 14.1. The molecule has 5 nitrogen and oxygen atoms in total. The van der Waals surface area contributed by atoms with Crippen molar-refractivity contribution in [3.8, 4) is 0 Å². The minimum Gasteiger partial charge on any atom is -0.357 e. The molecule has 1 fully saturated rings. The Kier molecular flexibility index (Phi) is 5.75. The van der Waals surface area contributed by atoms with E-state index in [1.165, 1.54) is 24.1 Å². The van der Waals surface area contributed by atoms with Gasteiger partial charge in [-0.2, -0.15) is 0 Å². The van der Waals surface area contributed by atoms with Gasteiger partial charge in [-0.25, -0.2) is 13.6 Å². The quantitative estimate of drug-likeness (QED) is 0.886. The fourth-order valence-corrected chi connectivity index (χ4v) is 3.02. The van der Waals surface area contributed by atoms with Gasteiger partial charge in [-0.3, -0.25) is 4.79 Å². The van der Waals surface area contributed by atoms with Gasteiger partial charge in [0.15, 0.2) is 0 Å². The summed E-state index contributed by atoms with van der Waals surface area (Å²) in [7, 11) is 1.53. The second kappa shape index (κ2) is 7.59. The zero-order chi connectivity index (χ0) is 17.9. The third-order valence-corrected chi connectivity index (χ3v) is 4.31. The molecule has 1 heterocycles. The van der Waals surface area contributed by atoms with Gasteiger partial charge >= 0.3 is 6.03 Å². The summed E-state index contributed by atoms with van der Waals surface area (Å²) < 4.78 is 27.2. The normalized spacial score (nSPS) is 18.6. The highest BCUT2D eigenvalue weighted by atomic mass is 19.1. The number of amides is 3. The fourth-order valence-electron chi connectivity index (χ4n) is 3.02. The summed E-state index contributed by atoms with van der Waals surface area (Å²) in [5.74, 6) is -1.67. The van der Waals surface area contributed by atoms with Gasteiger partial charge in [0.05, 0.1) is 6.04 Å². The van der Waals surface area contributed by atoms with Crippen molar-refractivity contribution in [2.75, 3.05) is 13.6 Å². The number of urea groups is 1. The van der Waals surface area contributed by atoms with Crippen molar-refractivity contribution < 1.29 is 18.4 Å². The molecule has 3 amide bonds. The molecule has 0 aliphatic carbocycles. The van der Waals surface area contributed by atoms with Crippen LogP contribution in [-0.2, 0) is 4.79 Å². The Bertz CT molecular complexity index is 622. The first-order valence-electron chi connectivity index (χ1n) is 8.08. The second-order valence-electron chi connectivity index (χ2n) is 6.30. The maximum atomic E-state index is 14.1. The highest BCUT2D eigenvalue weighted by molar-refractivity contribution is 5.87. The number of likely N-dealkylation sites (tertiary alicyclic amines) is 1. The van der Waals surface area contributed by atoms with Gasteiger partial charge in [-0.05, 0) is 24.8 Å². The van der Waals surface area contributed by atoms with Crippen molar-refractivity contribution in [3.63, 3.8) is 0 Å². The van der Waals surface area contributed by atoms with Crippen LogP contribution >= 0.6 is 0 Å². The number of hydrogen-bond acceptors (Lipinski definition) is 2. The predicted molar refractivity (Wildman–Crippen MR) is 86.3 cm³/mol. The molecule has 0 spiro atoms. The van der Waals surface area contributed by atoms with Crippen LogP contribution in [-0.4, -0.2) is 36.5 Å². The summed E-state index contributed by atoms with van der Waals surface area (Å²) in [4.78, 5) is 25.9. The Morgan fingerprint density at radius 1 is 1.29 bits per heavy atom. The molecule has 1 aromatic carbocycles. The summed E-state index contributed by atoms with van der Waals surface area (Å²) in [6.07, 6.45) is 1.34. The third kappa shape index (κ3) is 3.83. The lowest BCUT2D eigenvalue weighted by Crippen LogP contribution is -2.50. The molecule has 1 aliphatic rings. The predicted octanol–water partition coefficient (Wildman–Crippen LogP) is 2.58. The van der Waals surface area contributed by atoms with Crippen LogP contribution in [0.1, 0.15) is 38.3 Å². The van der Waals surface area contributed by atoms with Gasteiger partial charge < -0.3 is 15.5 Å². The number of rotatable bonds is 4. The average Bonchev–Trinajstić information content (AvgIpc) is 3.01. The molecule has 2 atom stereocenters. The summed E-state index contributed by atoms with van der Waals surface area (Å²) >= 11 is 0. The minimum absolute atomic E-state index is 0.102. The summed E-state index contributed by atoms with van der Waals surface area (Å²) in [5, 5.41) is 5.34. The van der Waals surface area contributed by atoms with E-state index in [4.69, 9.17) is 0 Å². The van der Waals surface area contributed by atoms with E-state index in [0.717, 1.165) is 12.5 Å². The molecule has 0 radical (unpaired) electrons. The monoisotopic (exact) mass is 339 g/mol. The van der Waals surface area contributed by atoms with E-state index in [-0.39, 0.29) is 17.4 Å². The molecule has 1 aromatic rings. The van der Waals surface area contributed by atoms with Crippen LogP contribution in [0.3, 0.4) is 0 Å². The molecule has 132 valence electrons. The maximum Gasteiger partial charge on any atom is 0.318 e. The van der Waals surface area contributed by atoms with Gasteiger partial charge in [-0.15, -0.1) is 0 Å². The Balaban J connectivity index is 2.18. The zero-order valence-corrected chi connectivity index (χ0v) is 14.1. The highest BCUT2D eigenvalue weighted by Gasteiger charge is 2.35. The van der Waals surface area contributed by atoms with Crippen LogP contribution < -0.4 is 10.6 Å². The summed E-state index contributed by atoms with van der Waals surface area (Å²) in [6.45, 7) is 4.16. The minimum atomic E-state index is -0.696. The second-order valence-corrected chi connectivity index (χ2v) is 6.30. The third-order valence-electron chi connectivity index (χ3n) is 4.31. The van der Waals surface area contributed by atoms with Crippen molar-refractivity contribution in [2.45, 2.75) is 38.8 Å². The number of carbonyl (C=O) groups is 2. The summed E-state index contributed by atoms with van der Waals surface area (Å²) in [5.41, 5.74) is 0.232. The molecule has 2 rings (SSSR count). The van der Waals surface area contributed by atoms with E-state index in [1.54, 1.807) is 0 Å². The number of nitrogens with zero attached hydrogens (tertiary/aromatic N) is 1. The molecule has 0 bridgehead atoms. The van der Waals surface area contributed by atoms with Gasteiger partial charge in [0.25, 0.3) is 0 Å². The summed E-state index contributed by atoms with van der Waals surface area (Å²) in [6, 6.07) is 1.78. The SMILES string of the molecule is CNC(=O)[C@H]1CCCN1C(=O)N[C@@H](c1ccc(F)cc1F)C(C)C. The lowest BCUT2D eigenvalue weighted by atomic mass is 9.95. The van der Waals surface area contributed by atoms with Crippen LogP contribution in [0.15, 0.2) is 18.2 Å². The number of halogens is 2. The van der Waals surface area contributed by atoms with Crippen LogP contribution in [0, 0.1) is 17.6 Å². The lowest BCUT2D eigenvalue weighted by Gasteiger charge is -2.29. The first-order valence-corrected chi connectivity index (χ1v) is 8.08. The molecule has 0 saturated carbocycles. The smallest absolute Gasteiger partial charge is 0.318 e. The van der Waals surface area contributed by atoms with Gasteiger partial charge in [-0.1, -0.05) is 19.9 Å². The van der Waals surface area contributed by atoms with Crippen LogP contribution in [0.5, 0.6) is 0 Å². The Hall–Kier alpha value is -2.18. The van der Waals surface area contributed by atoms with E-state index in [9.17, 15) is 18.4 Å². The first kappa shape index (κ1) is 18.2. The van der Waals surface area contributed by atoms with Crippen LogP contribution in [0.2, 0.25) is 0 Å². The van der Waals surface area contributed by atoms with Crippen molar-refractivity contribution >= 4 is 11.9 Å². The van der Waals surface area contributed by atoms with Crippen LogP contribution in [0.25, 0.3) is 0 Å². The van der Waals surface area contributed by atoms with E-state index < -0.39 is 29.7 Å². The topological polar surface area (TPSA) is 61.4 Å². The van der Waals surface area contributed by atoms with E-state index in [1.807, 2.05) is 13.8 Å². The Morgan fingerprint density at radius 2 is 2.00 bits per heavy atom. The fraction of sp³-hybridized carbons (Fsp3) is 0.529. The molecular formula is C17H23F2N3O2. The number of hydrogen-bond donors (Lipinski definition) is 2. The van der Waals surface area contributed by atoms with Crippen molar-refractivity contribution in [3.05, 3.63) is 35.4 Å². The molecule has 1 aliphatic heterocycles. The van der Waals surface area contributed by atoms with Gasteiger partial charge in [0.1, 0.15) is 17.7 Å². The molecule has 0 aromatic heterocycles. The van der Waals surface area contributed by atoms with E-state index >= 15 is 0 Å². The zero-order valence-electron chi connectivity index (χ0n) is 14.1. The molecule has 2 N–H and O–H groups in total. The van der Waals surface area contributed by atoms with Crippen LogP contribution in [0.4, 0.5) is 13.6 Å². The average molecular weight is 339 g/mol. The highest BCUT2D eigenvalue weighted by Crippen LogP contribution is 2.26. The van der Waals surface area contributed by atoms with Crippen molar-refractivity contribution in [1.82, 2.24) is 15.5 Å². The lowest BCUT2D eigenvalue weighted by molar-refractivity contribution is -0.124. The number of benzene rings is 1. The molecule has 1 saturated heterocycles. The molecule has 7 heteroatoms. The first-order chi connectivity index (χ1) is 11.3. The number of likely N-dealkylation sites (N-methyl/N-ethyl adjacent to an activating group) is 1. The van der Waals surface area contributed by atoms with E-state index in [0.29, 0.717) is 13.0 Å². The molecular weight excluding hydrogens is 316 g/mol. The molecule has 0 unspecified atom stereocenters. The van der Waals surface area contributed by atoms with Crippen molar-refractivity contribution in [2.24, 2.45) is 5.92 Å². The Morgan fingerprint density at radius 3 is 2.58 bits per heavy atom. The van der Waals surface area contributed by atoms with Gasteiger partial charge in [0.2, 0.25) is 5.91 Å². The number of nitrogens with one attached hydrogen (secondary N) is 2. The van der Waals surface area contributed by atoms with E-state index in [2.05, 4.69) is 10.6 Å². The Labute approximate surface area is 140 Å². The largest absolute Gasteiger partial charge is 0.357 e. The standard InChI is InChI=1S/C17H23F2N3O2/c1-10(2)15(12-7-6-11(18)9-13(12)19)21-17(24)22-8-4-5-14(22)16(23)20-3/h6-7,9-10,14-15H,4-5,8H2,1-3H3,(H,20,23)(H,21,24)/t14-,15-/m1/s1. The van der Waals surface area contributed by atoms with Gasteiger partial charge in [0, 0.05) is 25.2 Å². The van der Waals surface area contributed by atoms with Crippen molar-refractivity contribution in [1.29, 1.82) is 0 Å². The number of carbonyl (C=O) groups excluding carboxylic acids is 2.